The number of hydrogen-bond acceptors (Lipinski definition) is 3. The molecular weight excluding hydrogens is 296 g/mol. The van der Waals surface area contributed by atoms with Gasteiger partial charge in [-0.2, -0.15) is 0 Å². The molecular formula is C17H20N2O2S. The number of benzene rings is 1. The molecule has 0 amide bonds. The molecule has 0 spiro atoms. The first-order valence-electron chi connectivity index (χ1n) is 7.55. The first-order chi connectivity index (χ1) is 10.5. The highest BCUT2D eigenvalue weighted by atomic mass is 32.2. The smallest absolute Gasteiger partial charge is 0.277 e. The van der Waals surface area contributed by atoms with E-state index in [0.29, 0.717) is 18.0 Å². The zero-order valence-electron chi connectivity index (χ0n) is 13.3. The molecule has 0 fully saturated rings. The van der Waals surface area contributed by atoms with Crippen LogP contribution in [0.25, 0.3) is 0 Å². The Morgan fingerprint density at radius 3 is 2.77 bits per heavy atom. The van der Waals surface area contributed by atoms with Crippen molar-refractivity contribution in [2.45, 2.75) is 45.1 Å². The molecule has 3 rings (SSSR count). The van der Waals surface area contributed by atoms with E-state index in [2.05, 4.69) is 12.0 Å². The number of nitrogens with one attached hydrogen (secondary N) is 1. The van der Waals surface area contributed by atoms with Gasteiger partial charge in [0, 0.05) is 29.0 Å². The van der Waals surface area contributed by atoms with Crippen molar-refractivity contribution in [2.75, 3.05) is 5.75 Å². The van der Waals surface area contributed by atoms with Crippen LogP contribution < -0.4 is 5.56 Å². The molecule has 1 atom stereocenters. The number of hydrogen-bond donors (Lipinski definition) is 1. The monoisotopic (exact) mass is 316 g/mol. The number of ketones is 1. The zero-order valence-corrected chi connectivity index (χ0v) is 14.1. The molecule has 0 bridgehead atoms. The molecule has 22 heavy (non-hydrogen) atoms. The summed E-state index contributed by atoms with van der Waals surface area (Å²) in [6, 6.07) is 1.93. The number of H-pyrrole nitrogens is 1. The predicted molar refractivity (Wildman–Crippen MR) is 89.2 cm³/mol. The quantitative estimate of drug-likeness (QED) is 0.884. The SMILES string of the molecule is CCn1[nH]cc(C(=O)c2cc(C)c3c(c2C)C(C)CS3)c1=O. The Labute approximate surface area is 133 Å². The van der Waals surface area contributed by atoms with Crippen molar-refractivity contribution in [3.63, 3.8) is 0 Å². The number of nitrogens with zero attached hydrogens (tertiary/aromatic N) is 1. The maximum atomic E-state index is 12.8. The minimum absolute atomic E-state index is 0.180. The van der Waals surface area contributed by atoms with Crippen LogP contribution >= 0.6 is 11.8 Å². The Hall–Kier alpha value is -1.75. The van der Waals surface area contributed by atoms with Gasteiger partial charge < -0.3 is 5.10 Å². The van der Waals surface area contributed by atoms with Crippen molar-refractivity contribution in [3.8, 4) is 0 Å². The molecule has 0 aliphatic carbocycles. The Kier molecular flexibility index (Phi) is 3.77. The topological polar surface area (TPSA) is 54.9 Å². The lowest BCUT2D eigenvalue weighted by Crippen LogP contribution is -2.21. The Balaban J connectivity index is 2.15. The summed E-state index contributed by atoms with van der Waals surface area (Å²) >= 11 is 1.86. The molecule has 1 unspecified atom stereocenters. The van der Waals surface area contributed by atoms with Crippen molar-refractivity contribution in [2.24, 2.45) is 0 Å². The van der Waals surface area contributed by atoms with Crippen molar-refractivity contribution < 1.29 is 4.79 Å². The van der Waals surface area contributed by atoms with E-state index in [1.807, 2.05) is 38.6 Å². The van der Waals surface area contributed by atoms with Crippen LogP contribution in [0.5, 0.6) is 0 Å². The summed E-state index contributed by atoms with van der Waals surface area (Å²) in [6.45, 7) is 8.64. The van der Waals surface area contributed by atoms with E-state index in [9.17, 15) is 9.59 Å². The van der Waals surface area contributed by atoms with Gasteiger partial charge in [-0.25, -0.2) is 0 Å². The average molecular weight is 316 g/mol. The fraction of sp³-hybridized carbons (Fsp3) is 0.412. The number of rotatable bonds is 3. The third-order valence-corrected chi connectivity index (χ3v) is 5.89. The van der Waals surface area contributed by atoms with Crippen LogP contribution in [0.15, 0.2) is 22.0 Å². The van der Waals surface area contributed by atoms with Gasteiger partial charge in [0.05, 0.1) is 0 Å². The molecule has 2 aromatic rings. The first-order valence-corrected chi connectivity index (χ1v) is 8.54. The third-order valence-electron chi connectivity index (χ3n) is 4.39. The van der Waals surface area contributed by atoms with Gasteiger partial charge in [0.1, 0.15) is 5.56 Å². The van der Waals surface area contributed by atoms with E-state index in [0.717, 1.165) is 16.9 Å². The predicted octanol–water partition coefficient (Wildman–Crippen LogP) is 3.25. The van der Waals surface area contributed by atoms with E-state index in [4.69, 9.17) is 0 Å². The summed E-state index contributed by atoms with van der Waals surface area (Å²) < 4.78 is 1.45. The summed E-state index contributed by atoms with van der Waals surface area (Å²) in [5.74, 6) is 1.33. The first kappa shape index (κ1) is 15.2. The molecule has 4 nitrogen and oxygen atoms in total. The van der Waals surface area contributed by atoms with E-state index in [1.165, 1.54) is 21.3 Å². The molecule has 0 saturated heterocycles. The normalized spacial score (nSPS) is 16.8. The van der Waals surface area contributed by atoms with Gasteiger partial charge >= 0.3 is 0 Å². The lowest BCUT2D eigenvalue weighted by molar-refractivity contribution is 0.103. The molecule has 1 N–H and O–H groups in total. The van der Waals surface area contributed by atoms with Crippen LogP contribution in [0.1, 0.15) is 52.4 Å². The fourth-order valence-corrected chi connectivity index (χ4v) is 4.56. The number of aryl methyl sites for hydroxylation is 2. The van der Waals surface area contributed by atoms with E-state index in [1.54, 1.807) is 0 Å². The molecule has 2 heterocycles. The molecule has 0 saturated carbocycles. The Morgan fingerprint density at radius 2 is 2.14 bits per heavy atom. The van der Waals surface area contributed by atoms with Crippen LogP contribution in [-0.4, -0.2) is 21.3 Å². The number of aromatic amines is 1. The highest BCUT2D eigenvalue weighted by Crippen LogP contribution is 2.44. The zero-order chi connectivity index (χ0) is 16.0. The van der Waals surface area contributed by atoms with Crippen molar-refractivity contribution in [1.29, 1.82) is 0 Å². The largest absolute Gasteiger partial charge is 0.302 e. The maximum absolute atomic E-state index is 12.8. The van der Waals surface area contributed by atoms with E-state index >= 15 is 0 Å². The van der Waals surface area contributed by atoms with Gasteiger partial charge in [-0.05, 0) is 49.4 Å². The fourth-order valence-electron chi connectivity index (χ4n) is 3.18. The molecule has 1 aromatic carbocycles. The molecule has 0 radical (unpaired) electrons. The second kappa shape index (κ2) is 5.47. The summed E-state index contributed by atoms with van der Waals surface area (Å²) in [6.07, 6.45) is 1.52. The summed E-state index contributed by atoms with van der Waals surface area (Å²) in [7, 11) is 0. The van der Waals surface area contributed by atoms with Gasteiger partial charge in [0.15, 0.2) is 5.78 Å². The van der Waals surface area contributed by atoms with Gasteiger partial charge in [0.2, 0.25) is 0 Å². The second-order valence-corrected chi connectivity index (χ2v) is 6.92. The van der Waals surface area contributed by atoms with E-state index < -0.39 is 0 Å². The number of carbonyl (C=O) groups is 1. The van der Waals surface area contributed by atoms with Crippen molar-refractivity contribution >= 4 is 17.5 Å². The van der Waals surface area contributed by atoms with Gasteiger partial charge in [-0.1, -0.05) is 6.92 Å². The highest BCUT2D eigenvalue weighted by molar-refractivity contribution is 7.99. The number of carbonyl (C=O) groups excluding carboxylic acids is 1. The maximum Gasteiger partial charge on any atom is 0.277 e. The standard InChI is InChI=1S/C17H20N2O2S/c1-5-19-17(21)13(7-18-19)15(20)12-6-9(2)16-14(11(12)4)10(3)8-22-16/h6-7,10,18H,5,8H2,1-4H3. The van der Waals surface area contributed by atoms with Crippen LogP contribution in [-0.2, 0) is 6.54 Å². The van der Waals surface area contributed by atoms with Gasteiger partial charge in [-0.15, -0.1) is 11.8 Å². The Morgan fingerprint density at radius 1 is 1.41 bits per heavy atom. The summed E-state index contributed by atoms with van der Waals surface area (Å²) in [4.78, 5) is 26.4. The van der Waals surface area contributed by atoms with Crippen LogP contribution in [0.3, 0.4) is 0 Å². The van der Waals surface area contributed by atoms with Crippen molar-refractivity contribution in [3.05, 3.63) is 50.4 Å². The average Bonchev–Trinajstić information content (AvgIpc) is 3.06. The number of aromatic nitrogens is 2. The summed E-state index contributed by atoms with van der Waals surface area (Å²) in [5.41, 5.74) is 4.07. The van der Waals surface area contributed by atoms with Gasteiger partial charge in [-0.3, -0.25) is 14.3 Å². The molecule has 1 aliphatic heterocycles. The third kappa shape index (κ3) is 2.15. The molecule has 5 heteroatoms. The van der Waals surface area contributed by atoms with Gasteiger partial charge in [0.25, 0.3) is 5.56 Å². The molecule has 1 aliphatic rings. The number of thioether (sulfide) groups is 1. The minimum atomic E-state index is -0.243. The minimum Gasteiger partial charge on any atom is -0.302 e. The van der Waals surface area contributed by atoms with Crippen LogP contribution in [0.2, 0.25) is 0 Å². The number of fused-ring (bicyclic) bond motifs is 1. The van der Waals surface area contributed by atoms with E-state index in [-0.39, 0.29) is 16.9 Å². The summed E-state index contributed by atoms with van der Waals surface area (Å²) in [5, 5.41) is 2.85. The van der Waals surface area contributed by atoms with Crippen LogP contribution in [0, 0.1) is 13.8 Å². The lowest BCUT2D eigenvalue weighted by atomic mass is 9.89. The van der Waals surface area contributed by atoms with Crippen LogP contribution in [0.4, 0.5) is 0 Å². The second-order valence-electron chi connectivity index (χ2n) is 5.89. The molecule has 116 valence electrons. The molecule has 1 aromatic heterocycles. The Bertz CT molecular complexity index is 817. The highest BCUT2D eigenvalue weighted by Gasteiger charge is 2.28. The lowest BCUT2D eigenvalue weighted by Gasteiger charge is -2.14. The van der Waals surface area contributed by atoms with Crippen molar-refractivity contribution in [1.82, 2.24) is 9.78 Å².